The molecule has 1 N–H and O–H groups in total. The van der Waals surface area contributed by atoms with Gasteiger partial charge in [-0.25, -0.2) is 0 Å². The number of benzene rings is 2. The number of carbonyl (C=O) groups excluding carboxylic acids is 1. The molecule has 2 aromatic carbocycles. The molecule has 0 spiro atoms. The fraction of sp³-hybridized carbons (Fsp3) is 0.391. The topological polar surface area (TPSA) is 71.3 Å². The second kappa shape index (κ2) is 17.0. The van der Waals surface area contributed by atoms with Crippen LogP contribution in [0.5, 0.6) is 0 Å². The lowest BCUT2D eigenvalue weighted by molar-refractivity contribution is 0.102. The van der Waals surface area contributed by atoms with Gasteiger partial charge in [0.25, 0.3) is 5.91 Å². The first-order valence-electron chi connectivity index (χ1n) is 10.2. The Morgan fingerprint density at radius 3 is 2.10 bits per heavy atom. The average Bonchev–Trinajstić information content (AvgIpc) is 2.78. The number of hydrogen-bond donors (Lipinski definition) is 1. The quantitative estimate of drug-likeness (QED) is 0.385. The zero-order valence-electron chi connectivity index (χ0n) is 18.7. The summed E-state index contributed by atoms with van der Waals surface area (Å²) in [6.07, 6.45) is 0.685. The standard InChI is InChI=1S/C19H20BrN2O3P.2C2H6/c1-3-24-26(25-4-2)13-14-5-7-15(8-6-14)19(23)22-18-10-9-17(20)11-16(18)12-21;2*1-2/h5-11H,3-4,13H2,1-2H3,(H,22,23);2*1-2H3. The monoisotopic (exact) mass is 494 g/mol. The van der Waals surface area contributed by atoms with E-state index < -0.39 is 8.38 Å². The lowest BCUT2D eigenvalue weighted by atomic mass is 10.1. The van der Waals surface area contributed by atoms with Crippen LogP contribution in [0.3, 0.4) is 0 Å². The minimum absolute atomic E-state index is 0.257. The normalized spacial score (nSPS) is 9.57. The van der Waals surface area contributed by atoms with Crippen molar-refractivity contribution in [3.63, 3.8) is 0 Å². The molecule has 0 aliphatic rings. The number of nitrogens with zero attached hydrogens (tertiary/aromatic N) is 1. The van der Waals surface area contributed by atoms with Crippen LogP contribution in [-0.4, -0.2) is 19.1 Å². The van der Waals surface area contributed by atoms with Crippen molar-refractivity contribution >= 4 is 35.9 Å². The Labute approximate surface area is 190 Å². The first-order chi connectivity index (χ1) is 14.6. The highest BCUT2D eigenvalue weighted by Crippen LogP contribution is 2.41. The number of nitrogens with one attached hydrogen (secondary N) is 1. The molecule has 0 fully saturated rings. The highest BCUT2D eigenvalue weighted by atomic mass is 79.9. The lowest BCUT2D eigenvalue weighted by Gasteiger charge is -2.15. The van der Waals surface area contributed by atoms with Gasteiger partial charge in [-0.2, -0.15) is 5.26 Å². The maximum Gasteiger partial charge on any atom is 0.255 e. The Morgan fingerprint density at radius 1 is 1.03 bits per heavy atom. The van der Waals surface area contributed by atoms with Crippen molar-refractivity contribution in [3.8, 4) is 6.07 Å². The largest absolute Gasteiger partial charge is 0.334 e. The van der Waals surface area contributed by atoms with E-state index in [1.54, 1.807) is 30.3 Å². The second-order valence-corrected chi connectivity index (χ2v) is 7.69. The van der Waals surface area contributed by atoms with E-state index >= 15 is 0 Å². The molecule has 0 heterocycles. The summed E-state index contributed by atoms with van der Waals surface area (Å²) in [4.78, 5) is 12.4. The van der Waals surface area contributed by atoms with Gasteiger partial charge in [0.2, 0.25) is 0 Å². The van der Waals surface area contributed by atoms with Crippen LogP contribution in [0, 0.1) is 11.3 Å². The molecule has 0 saturated carbocycles. The first-order valence-corrected chi connectivity index (χ1v) is 12.4. The summed E-state index contributed by atoms with van der Waals surface area (Å²) in [5.41, 5.74) is 2.47. The Hall–Kier alpha value is -1.77. The Morgan fingerprint density at radius 2 is 1.60 bits per heavy atom. The van der Waals surface area contributed by atoms with Gasteiger partial charge in [0.15, 0.2) is 8.38 Å². The highest BCUT2D eigenvalue weighted by Gasteiger charge is 2.13. The molecule has 2 aromatic rings. The molecule has 164 valence electrons. The van der Waals surface area contributed by atoms with Crippen LogP contribution >= 0.6 is 24.3 Å². The number of hydrogen-bond acceptors (Lipinski definition) is 4. The molecule has 7 heteroatoms. The Balaban J connectivity index is 0.00000198. The molecule has 30 heavy (non-hydrogen) atoms. The predicted octanol–water partition coefficient (Wildman–Crippen LogP) is 7.51. The minimum Gasteiger partial charge on any atom is -0.334 e. The zero-order valence-corrected chi connectivity index (χ0v) is 21.1. The molecule has 0 radical (unpaired) electrons. The molecular formula is C23H32BrN2O3P. The van der Waals surface area contributed by atoms with Gasteiger partial charge in [0.1, 0.15) is 6.07 Å². The van der Waals surface area contributed by atoms with Gasteiger partial charge >= 0.3 is 0 Å². The highest BCUT2D eigenvalue weighted by molar-refractivity contribution is 9.10. The SMILES string of the molecule is CC.CC.CCOP(Cc1ccc(C(=O)Nc2ccc(Br)cc2C#N)cc1)OCC. The molecule has 5 nitrogen and oxygen atoms in total. The summed E-state index contributed by atoms with van der Waals surface area (Å²) in [5, 5.41) is 12.0. The van der Waals surface area contributed by atoms with Gasteiger partial charge in [-0.05, 0) is 49.7 Å². The van der Waals surface area contributed by atoms with Crippen molar-refractivity contribution in [2.75, 3.05) is 18.5 Å². The van der Waals surface area contributed by atoms with E-state index in [2.05, 4.69) is 27.3 Å². The van der Waals surface area contributed by atoms with Crippen LogP contribution in [0.25, 0.3) is 0 Å². The summed E-state index contributed by atoms with van der Waals surface area (Å²) in [7, 11) is -0.953. The van der Waals surface area contributed by atoms with Crippen molar-refractivity contribution < 1.29 is 13.8 Å². The summed E-state index contributed by atoms with van der Waals surface area (Å²) in [5.74, 6) is -0.257. The van der Waals surface area contributed by atoms with Crippen molar-refractivity contribution in [2.24, 2.45) is 0 Å². The van der Waals surface area contributed by atoms with Crippen LogP contribution < -0.4 is 5.32 Å². The lowest BCUT2D eigenvalue weighted by Crippen LogP contribution is -2.12. The number of carbonyl (C=O) groups is 1. The third-order valence-electron chi connectivity index (χ3n) is 3.42. The van der Waals surface area contributed by atoms with Crippen molar-refractivity contribution in [3.05, 3.63) is 63.6 Å². The van der Waals surface area contributed by atoms with E-state index in [0.717, 1.165) is 10.0 Å². The van der Waals surface area contributed by atoms with Crippen molar-refractivity contribution in [1.82, 2.24) is 0 Å². The third-order valence-corrected chi connectivity index (χ3v) is 5.63. The number of nitriles is 1. The fourth-order valence-electron chi connectivity index (χ4n) is 2.24. The van der Waals surface area contributed by atoms with E-state index in [1.165, 1.54) is 0 Å². The van der Waals surface area contributed by atoms with Crippen LogP contribution in [0.4, 0.5) is 5.69 Å². The molecule has 0 aliphatic heterocycles. The maximum absolute atomic E-state index is 12.4. The molecule has 0 atom stereocenters. The van der Waals surface area contributed by atoms with Gasteiger partial charge in [0, 0.05) is 16.2 Å². The van der Waals surface area contributed by atoms with Gasteiger partial charge in [0.05, 0.1) is 24.5 Å². The van der Waals surface area contributed by atoms with E-state index in [4.69, 9.17) is 9.05 Å². The van der Waals surface area contributed by atoms with Gasteiger partial charge in [-0.15, -0.1) is 0 Å². The molecular weight excluding hydrogens is 463 g/mol. The van der Waals surface area contributed by atoms with E-state index in [0.29, 0.717) is 36.2 Å². The zero-order chi connectivity index (χ0) is 22.9. The van der Waals surface area contributed by atoms with Crippen LogP contribution in [-0.2, 0) is 15.2 Å². The summed E-state index contributed by atoms with van der Waals surface area (Å²) >= 11 is 3.32. The maximum atomic E-state index is 12.4. The molecule has 0 bridgehead atoms. The molecule has 0 saturated heterocycles. The molecule has 0 aromatic heterocycles. The summed E-state index contributed by atoms with van der Waals surface area (Å²) < 4.78 is 12.0. The van der Waals surface area contributed by atoms with E-state index in [-0.39, 0.29) is 5.91 Å². The molecule has 1 amide bonds. The molecule has 2 rings (SSSR count). The van der Waals surface area contributed by atoms with Crippen LogP contribution in [0.15, 0.2) is 46.9 Å². The van der Waals surface area contributed by atoms with Gasteiger partial charge in [-0.3, -0.25) is 4.79 Å². The number of halogens is 1. The van der Waals surface area contributed by atoms with Crippen molar-refractivity contribution in [1.29, 1.82) is 5.26 Å². The number of rotatable bonds is 8. The Kier molecular flexibility index (Phi) is 16.0. The summed E-state index contributed by atoms with van der Waals surface area (Å²) in [6.45, 7) is 13.1. The Bertz CT molecular complexity index is 786. The third kappa shape index (κ3) is 9.82. The predicted molar refractivity (Wildman–Crippen MR) is 130 cm³/mol. The second-order valence-electron chi connectivity index (χ2n) is 5.28. The van der Waals surface area contributed by atoms with E-state index in [1.807, 2.05) is 53.7 Å². The van der Waals surface area contributed by atoms with Crippen LogP contribution in [0.1, 0.15) is 63.0 Å². The van der Waals surface area contributed by atoms with Gasteiger partial charge < -0.3 is 14.4 Å². The average molecular weight is 495 g/mol. The first kappa shape index (κ1) is 28.2. The van der Waals surface area contributed by atoms with Crippen LogP contribution in [0.2, 0.25) is 0 Å². The number of amides is 1. The summed E-state index contributed by atoms with van der Waals surface area (Å²) in [6, 6.07) is 14.6. The molecule has 0 aliphatic carbocycles. The van der Waals surface area contributed by atoms with Crippen molar-refractivity contribution in [2.45, 2.75) is 47.7 Å². The molecule has 0 unspecified atom stereocenters. The smallest absolute Gasteiger partial charge is 0.255 e. The minimum atomic E-state index is -0.953. The fourth-order valence-corrected chi connectivity index (χ4v) is 3.94. The van der Waals surface area contributed by atoms with Gasteiger partial charge in [-0.1, -0.05) is 55.8 Å². The van der Waals surface area contributed by atoms with E-state index in [9.17, 15) is 10.1 Å². The number of anilines is 1.